The molecule has 1 saturated heterocycles. The van der Waals surface area contributed by atoms with Gasteiger partial charge in [0.1, 0.15) is 10.7 Å². The molecule has 1 aliphatic rings. The maximum absolute atomic E-state index is 12.3. The fourth-order valence-corrected chi connectivity index (χ4v) is 3.99. The Hall–Kier alpha value is -1.99. The van der Waals surface area contributed by atoms with E-state index < -0.39 is 10.0 Å². The first-order valence-corrected chi connectivity index (χ1v) is 9.14. The van der Waals surface area contributed by atoms with E-state index in [0.29, 0.717) is 0 Å². The third-order valence-corrected chi connectivity index (χ3v) is 5.46. The van der Waals surface area contributed by atoms with Gasteiger partial charge in [-0.1, -0.05) is 6.07 Å². The van der Waals surface area contributed by atoms with Crippen LogP contribution in [0.5, 0.6) is 0 Å². The molecule has 3 heterocycles. The van der Waals surface area contributed by atoms with E-state index in [1.165, 1.54) is 6.20 Å². The molecule has 0 saturated carbocycles. The summed E-state index contributed by atoms with van der Waals surface area (Å²) in [6.07, 6.45) is 4.45. The second-order valence-electron chi connectivity index (χ2n) is 5.71. The van der Waals surface area contributed by atoms with Crippen LogP contribution in [0.3, 0.4) is 0 Å². The summed E-state index contributed by atoms with van der Waals surface area (Å²) in [6, 6.07) is 9.09. The number of hydrogen-bond donors (Lipinski definition) is 1. The SMILES string of the molecule is Cc1cccc(N2CCC(NS(=O)(=O)c3cccnc3)CC2)n1. The van der Waals surface area contributed by atoms with Gasteiger partial charge in [-0.15, -0.1) is 0 Å². The highest BCUT2D eigenvalue weighted by Crippen LogP contribution is 2.19. The van der Waals surface area contributed by atoms with Crippen LogP contribution in [0, 0.1) is 6.92 Å². The topological polar surface area (TPSA) is 75.2 Å². The van der Waals surface area contributed by atoms with Crippen molar-refractivity contribution in [2.24, 2.45) is 0 Å². The van der Waals surface area contributed by atoms with Crippen molar-refractivity contribution in [1.82, 2.24) is 14.7 Å². The molecule has 1 aliphatic heterocycles. The molecule has 0 aromatic carbocycles. The third kappa shape index (κ3) is 3.86. The van der Waals surface area contributed by atoms with Crippen LogP contribution < -0.4 is 9.62 Å². The Balaban J connectivity index is 1.61. The molecular weight excluding hydrogens is 312 g/mol. The predicted molar refractivity (Wildman–Crippen MR) is 88.8 cm³/mol. The van der Waals surface area contributed by atoms with Crippen molar-refractivity contribution >= 4 is 15.8 Å². The van der Waals surface area contributed by atoms with Crippen molar-refractivity contribution in [3.05, 3.63) is 48.4 Å². The second kappa shape index (κ2) is 6.64. The summed E-state index contributed by atoms with van der Waals surface area (Å²) in [5.74, 6) is 0.957. The molecule has 7 heteroatoms. The van der Waals surface area contributed by atoms with Gasteiger partial charge in [-0.05, 0) is 44.0 Å². The standard InChI is InChI=1S/C16H20N4O2S/c1-13-4-2-6-16(18-13)20-10-7-14(8-11-20)19-23(21,22)15-5-3-9-17-12-15/h2-6,9,12,14,19H,7-8,10-11H2,1H3. The van der Waals surface area contributed by atoms with E-state index >= 15 is 0 Å². The maximum atomic E-state index is 12.3. The minimum absolute atomic E-state index is 0.0544. The lowest BCUT2D eigenvalue weighted by Gasteiger charge is -2.33. The molecule has 1 fully saturated rings. The number of piperidine rings is 1. The van der Waals surface area contributed by atoms with Crippen LogP contribution in [0.15, 0.2) is 47.6 Å². The number of hydrogen-bond acceptors (Lipinski definition) is 5. The van der Waals surface area contributed by atoms with Crippen molar-refractivity contribution in [3.8, 4) is 0 Å². The molecule has 2 aromatic rings. The summed E-state index contributed by atoms with van der Waals surface area (Å²) in [4.78, 5) is 10.8. The van der Waals surface area contributed by atoms with E-state index in [1.807, 2.05) is 25.1 Å². The number of rotatable bonds is 4. The second-order valence-corrected chi connectivity index (χ2v) is 7.42. The van der Waals surface area contributed by atoms with Gasteiger partial charge in [-0.3, -0.25) is 4.98 Å². The fourth-order valence-electron chi connectivity index (χ4n) is 2.72. The van der Waals surface area contributed by atoms with Crippen LogP contribution in [-0.4, -0.2) is 37.5 Å². The lowest BCUT2D eigenvalue weighted by atomic mass is 10.1. The van der Waals surface area contributed by atoms with E-state index in [1.54, 1.807) is 18.3 Å². The molecule has 0 unspecified atom stereocenters. The van der Waals surface area contributed by atoms with Crippen LogP contribution in [0.2, 0.25) is 0 Å². The highest BCUT2D eigenvalue weighted by atomic mass is 32.2. The average molecular weight is 332 g/mol. The van der Waals surface area contributed by atoms with Gasteiger partial charge < -0.3 is 4.90 Å². The molecule has 1 N–H and O–H groups in total. The smallest absolute Gasteiger partial charge is 0.242 e. The van der Waals surface area contributed by atoms with Crippen LogP contribution in [-0.2, 0) is 10.0 Å². The first-order valence-electron chi connectivity index (χ1n) is 7.65. The largest absolute Gasteiger partial charge is 0.356 e. The minimum atomic E-state index is -3.50. The van der Waals surface area contributed by atoms with E-state index in [9.17, 15) is 8.42 Å². The van der Waals surface area contributed by atoms with Crippen LogP contribution >= 0.6 is 0 Å². The fraction of sp³-hybridized carbons (Fsp3) is 0.375. The molecule has 23 heavy (non-hydrogen) atoms. The molecule has 2 aromatic heterocycles. The molecule has 0 atom stereocenters. The van der Waals surface area contributed by atoms with Gasteiger partial charge in [0.05, 0.1) is 0 Å². The van der Waals surface area contributed by atoms with Gasteiger partial charge in [0.25, 0.3) is 0 Å². The highest BCUT2D eigenvalue weighted by molar-refractivity contribution is 7.89. The number of nitrogens with zero attached hydrogens (tertiary/aromatic N) is 3. The molecule has 0 bridgehead atoms. The van der Waals surface area contributed by atoms with Crippen molar-refractivity contribution in [2.45, 2.75) is 30.7 Å². The van der Waals surface area contributed by atoms with Crippen molar-refractivity contribution in [3.63, 3.8) is 0 Å². The lowest BCUT2D eigenvalue weighted by Crippen LogP contribution is -2.44. The van der Waals surface area contributed by atoms with Gasteiger partial charge in [-0.25, -0.2) is 18.1 Å². The first-order chi connectivity index (χ1) is 11.0. The van der Waals surface area contributed by atoms with Crippen molar-refractivity contribution in [2.75, 3.05) is 18.0 Å². The van der Waals surface area contributed by atoms with E-state index in [2.05, 4.69) is 19.6 Å². The summed E-state index contributed by atoms with van der Waals surface area (Å²) in [5, 5.41) is 0. The van der Waals surface area contributed by atoms with Crippen LogP contribution in [0.4, 0.5) is 5.82 Å². The molecule has 122 valence electrons. The Bertz CT molecular complexity index is 757. The van der Waals surface area contributed by atoms with E-state index in [4.69, 9.17) is 0 Å². The molecule has 0 amide bonds. The molecule has 0 aliphatic carbocycles. The Kier molecular flexibility index (Phi) is 4.58. The number of pyridine rings is 2. The number of nitrogens with one attached hydrogen (secondary N) is 1. The van der Waals surface area contributed by atoms with Crippen molar-refractivity contribution in [1.29, 1.82) is 0 Å². The first kappa shape index (κ1) is 15.9. The average Bonchev–Trinajstić information content (AvgIpc) is 2.56. The Morgan fingerprint density at radius 3 is 2.61 bits per heavy atom. The monoisotopic (exact) mass is 332 g/mol. The molecular formula is C16H20N4O2S. The minimum Gasteiger partial charge on any atom is -0.356 e. The molecule has 3 rings (SSSR count). The number of anilines is 1. The van der Waals surface area contributed by atoms with Gasteiger partial charge in [0.2, 0.25) is 10.0 Å². The highest BCUT2D eigenvalue weighted by Gasteiger charge is 2.25. The zero-order valence-electron chi connectivity index (χ0n) is 13.0. The number of sulfonamides is 1. The van der Waals surface area contributed by atoms with Gasteiger partial charge >= 0.3 is 0 Å². The molecule has 0 spiro atoms. The van der Waals surface area contributed by atoms with Gasteiger partial charge in [-0.2, -0.15) is 0 Å². The van der Waals surface area contributed by atoms with E-state index in [0.717, 1.165) is 37.4 Å². The summed E-state index contributed by atoms with van der Waals surface area (Å²) in [5.41, 5.74) is 0.988. The summed E-state index contributed by atoms with van der Waals surface area (Å²) < 4.78 is 27.4. The summed E-state index contributed by atoms with van der Waals surface area (Å²) in [6.45, 7) is 3.55. The van der Waals surface area contributed by atoms with E-state index in [-0.39, 0.29) is 10.9 Å². The Morgan fingerprint density at radius 2 is 1.96 bits per heavy atom. The lowest BCUT2D eigenvalue weighted by molar-refractivity contribution is 0.458. The van der Waals surface area contributed by atoms with Crippen LogP contribution in [0.1, 0.15) is 18.5 Å². The number of aryl methyl sites for hydroxylation is 1. The molecule has 6 nitrogen and oxygen atoms in total. The summed E-state index contributed by atoms with van der Waals surface area (Å²) >= 11 is 0. The third-order valence-electron chi connectivity index (χ3n) is 3.96. The zero-order chi connectivity index (χ0) is 16.3. The van der Waals surface area contributed by atoms with Gasteiger partial charge in [0.15, 0.2) is 0 Å². The zero-order valence-corrected chi connectivity index (χ0v) is 13.8. The molecule has 0 radical (unpaired) electrons. The van der Waals surface area contributed by atoms with Gasteiger partial charge in [0, 0.05) is 37.2 Å². The number of aromatic nitrogens is 2. The summed E-state index contributed by atoms with van der Waals surface area (Å²) in [7, 11) is -3.50. The Labute approximate surface area is 136 Å². The maximum Gasteiger partial charge on any atom is 0.242 e. The Morgan fingerprint density at radius 1 is 1.17 bits per heavy atom. The van der Waals surface area contributed by atoms with Crippen molar-refractivity contribution < 1.29 is 8.42 Å². The predicted octanol–water partition coefficient (Wildman–Crippen LogP) is 1.73. The van der Waals surface area contributed by atoms with Crippen LogP contribution in [0.25, 0.3) is 0 Å². The normalized spacial score (nSPS) is 16.5. The quantitative estimate of drug-likeness (QED) is 0.923.